The first-order valence-electron chi connectivity index (χ1n) is 7.28. The van der Waals surface area contributed by atoms with Crippen molar-refractivity contribution in [1.29, 1.82) is 0 Å². The molecule has 0 spiro atoms. The predicted octanol–water partition coefficient (Wildman–Crippen LogP) is 2.22. The summed E-state index contributed by atoms with van der Waals surface area (Å²) in [5.74, 6) is -0.157. The zero-order chi connectivity index (χ0) is 14.7. The van der Waals surface area contributed by atoms with E-state index < -0.39 is 0 Å². The standard InChI is InChI=1S/C17H18N2O2/c20-16-15(9-4-10-18-16)17(21)19-11-5-8-14(19)12-13-6-2-1-3-7-13/h1-4,6-7,9-10,14H,5,8,11-12H2,(H,18,20). The van der Waals surface area contributed by atoms with Crippen molar-refractivity contribution in [2.24, 2.45) is 0 Å². The van der Waals surface area contributed by atoms with Gasteiger partial charge in [-0.15, -0.1) is 0 Å². The number of hydrogen-bond acceptors (Lipinski definition) is 2. The van der Waals surface area contributed by atoms with E-state index in [-0.39, 0.29) is 23.1 Å². The zero-order valence-corrected chi connectivity index (χ0v) is 11.8. The van der Waals surface area contributed by atoms with Crippen molar-refractivity contribution >= 4 is 5.91 Å². The van der Waals surface area contributed by atoms with Crippen LogP contribution in [0, 0.1) is 0 Å². The first-order chi connectivity index (χ1) is 10.3. The molecular weight excluding hydrogens is 264 g/mol. The molecule has 1 aromatic carbocycles. The van der Waals surface area contributed by atoms with Gasteiger partial charge in [0.25, 0.3) is 11.5 Å². The number of likely N-dealkylation sites (tertiary alicyclic amines) is 1. The average molecular weight is 282 g/mol. The van der Waals surface area contributed by atoms with E-state index >= 15 is 0 Å². The fraction of sp³-hybridized carbons (Fsp3) is 0.294. The maximum Gasteiger partial charge on any atom is 0.260 e. The smallest absolute Gasteiger partial charge is 0.260 e. The van der Waals surface area contributed by atoms with Gasteiger partial charge in [-0.2, -0.15) is 0 Å². The van der Waals surface area contributed by atoms with Crippen molar-refractivity contribution in [2.45, 2.75) is 25.3 Å². The molecule has 0 radical (unpaired) electrons. The molecule has 108 valence electrons. The van der Waals surface area contributed by atoms with Crippen molar-refractivity contribution in [2.75, 3.05) is 6.54 Å². The summed E-state index contributed by atoms with van der Waals surface area (Å²) in [6, 6.07) is 13.6. The summed E-state index contributed by atoms with van der Waals surface area (Å²) in [5, 5.41) is 0. The number of aromatic amines is 1. The Balaban J connectivity index is 1.79. The molecule has 1 aliphatic rings. The molecule has 1 unspecified atom stereocenters. The lowest BCUT2D eigenvalue weighted by molar-refractivity contribution is 0.0734. The third-order valence-corrected chi connectivity index (χ3v) is 4.00. The van der Waals surface area contributed by atoms with Gasteiger partial charge in [-0.05, 0) is 37.0 Å². The Kier molecular flexibility index (Phi) is 3.86. The first kappa shape index (κ1) is 13.6. The van der Waals surface area contributed by atoms with Gasteiger partial charge in [0.15, 0.2) is 0 Å². The number of nitrogens with zero attached hydrogens (tertiary/aromatic N) is 1. The van der Waals surface area contributed by atoms with Crippen molar-refractivity contribution < 1.29 is 4.79 Å². The summed E-state index contributed by atoms with van der Waals surface area (Å²) >= 11 is 0. The lowest BCUT2D eigenvalue weighted by Crippen LogP contribution is -2.39. The van der Waals surface area contributed by atoms with E-state index in [0.29, 0.717) is 0 Å². The molecule has 1 aromatic heterocycles. The summed E-state index contributed by atoms with van der Waals surface area (Å²) in [5.41, 5.74) is 1.15. The summed E-state index contributed by atoms with van der Waals surface area (Å²) in [6.07, 6.45) is 4.38. The molecule has 2 aromatic rings. The normalized spacial score (nSPS) is 17.9. The summed E-state index contributed by atoms with van der Waals surface area (Å²) < 4.78 is 0. The van der Waals surface area contributed by atoms with E-state index in [4.69, 9.17) is 0 Å². The number of benzene rings is 1. The van der Waals surface area contributed by atoms with Crippen LogP contribution in [0.4, 0.5) is 0 Å². The maximum atomic E-state index is 12.6. The number of carbonyl (C=O) groups excluding carboxylic acids is 1. The molecule has 1 amide bonds. The number of amides is 1. The van der Waals surface area contributed by atoms with Crippen molar-refractivity contribution in [3.05, 3.63) is 70.1 Å². The maximum absolute atomic E-state index is 12.6. The van der Waals surface area contributed by atoms with E-state index in [2.05, 4.69) is 17.1 Å². The third-order valence-electron chi connectivity index (χ3n) is 4.00. The van der Waals surface area contributed by atoms with E-state index in [1.165, 1.54) is 5.56 Å². The second kappa shape index (κ2) is 5.95. The zero-order valence-electron chi connectivity index (χ0n) is 11.8. The molecule has 1 saturated heterocycles. The first-order valence-corrected chi connectivity index (χ1v) is 7.28. The minimum absolute atomic E-state index is 0.157. The number of hydrogen-bond donors (Lipinski definition) is 1. The van der Waals surface area contributed by atoms with E-state index in [9.17, 15) is 9.59 Å². The number of nitrogens with one attached hydrogen (secondary N) is 1. The Hall–Kier alpha value is -2.36. The highest BCUT2D eigenvalue weighted by molar-refractivity contribution is 5.94. The highest BCUT2D eigenvalue weighted by atomic mass is 16.2. The second-order valence-electron chi connectivity index (χ2n) is 5.40. The number of pyridine rings is 1. The Morgan fingerprint density at radius 1 is 1.19 bits per heavy atom. The van der Waals surface area contributed by atoms with Crippen LogP contribution in [0.1, 0.15) is 28.8 Å². The van der Waals surface area contributed by atoms with Crippen molar-refractivity contribution in [1.82, 2.24) is 9.88 Å². The van der Waals surface area contributed by atoms with Gasteiger partial charge >= 0.3 is 0 Å². The average Bonchev–Trinajstić information content (AvgIpc) is 2.96. The molecule has 1 N–H and O–H groups in total. The molecule has 1 aliphatic heterocycles. The molecule has 3 rings (SSSR count). The van der Waals surface area contributed by atoms with E-state index in [1.54, 1.807) is 18.3 Å². The molecule has 4 heteroatoms. The highest BCUT2D eigenvalue weighted by Gasteiger charge is 2.30. The SMILES string of the molecule is O=C(c1ccc[nH]c1=O)N1CCCC1Cc1ccccc1. The minimum atomic E-state index is -0.312. The number of rotatable bonds is 3. The lowest BCUT2D eigenvalue weighted by Gasteiger charge is -2.24. The van der Waals surface area contributed by atoms with Gasteiger partial charge in [-0.1, -0.05) is 30.3 Å². The highest BCUT2D eigenvalue weighted by Crippen LogP contribution is 2.22. The van der Waals surface area contributed by atoms with Crippen molar-refractivity contribution in [3.8, 4) is 0 Å². The molecule has 2 heterocycles. The molecule has 1 fully saturated rings. The van der Waals surface area contributed by atoms with Gasteiger partial charge < -0.3 is 9.88 Å². The number of carbonyl (C=O) groups is 1. The van der Waals surface area contributed by atoms with Crippen molar-refractivity contribution in [3.63, 3.8) is 0 Å². The van der Waals surface area contributed by atoms with Gasteiger partial charge in [-0.25, -0.2) is 0 Å². The van der Waals surface area contributed by atoms with Crippen LogP contribution in [0.2, 0.25) is 0 Å². The topological polar surface area (TPSA) is 53.2 Å². The van der Waals surface area contributed by atoms with Crippen LogP contribution >= 0.6 is 0 Å². The summed E-state index contributed by atoms with van der Waals surface area (Å²) in [4.78, 5) is 28.8. The molecular formula is C17H18N2O2. The Morgan fingerprint density at radius 2 is 2.00 bits per heavy atom. The van der Waals surface area contributed by atoms with Gasteiger partial charge in [0.2, 0.25) is 0 Å². The van der Waals surface area contributed by atoms with Crippen LogP contribution in [-0.4, -0.2) is 28.4 Å². The predicted molar refractivity (Wildman–Crippen MR) is 81.3 cm³/mol. The molecule has 0 aliphatic carbocycles. The van der Waals surface area contributed by atoms with Crippen LogP contribution < -0.4 is 5.56 Å². The lowest BCUT2D eigenvalue weighted by atomic mass is 10.0. The summed E-state index contributed by atoms with van der Waals surface area (Å²) in [7, 11) is 0. The fourth-order valence-electron chi connectivity index (χ4n) is 2.95. The van der Waals surface area contributed by atoms with E-state index in [1.807, 2.05) is 23.1 Å². The van der Waals surface area contributed by atoms with Crippen LogP contribution in [0.25, 0.3) is 0 Å². The molecule has 0 bridgehead atoms. The monoisotopic (exact) mass is 282 g/mol. The van der Waals surface area contributed by atoms with Crippen LogP contribution in [0.5, 0.6) is 0 Å². The van der Waals surface area contributed by atoms with Crippen LogP contribution in [0.3, 0.4) is 0 Å². The van der Waals surface area contributed by atoms with Crippen LogP contribution in [0.15, 0.2) is 53.5 Å². The second-order valence-corrected chi connectivity index (χ2v) is 5.40. The Bertz CT molecular complexity index is 678. The third kappa shape index (κ3) is 2.89. The summed E-state index contributed by atoms with van der Waals surface area (Å²) in [6.45, 7) is 0.727. The number of aromatic nitrogens is 1. The van der Waals surface area contributed by atoms with Gasteiger partial charge in [0.1, 0.15) is 5.56 Å². The van der Waals surface area contributed by atoms with Crippen LogP contribution in [-0.2, 0) is 6.42 Å². The minimum Gasteiger partial charge on any atom is -0.335 e. The Morgan fingerprint density at radius 3 is 2.76 bits per heavy atom. The largest absolute Gasteiger partial charge is 0.335 e. The molecule has 1 atom stereocenters. The van der Waals surface area contributed by atoms with E-state index in [0.717, 1.165) is 25.8 Å². The van der Waals surface area contributed by atoms with Gasteiger partial charge in [-0.3, -0.25) is 9.59 Å². The number of H-pyrrole nitrogens is 1. The van der Waals surface area contributed by atoms with Gasteiger partial charge in [0, 0.05) is 18.8 Å². The molecule has 0 saturated carbocycles. The fourth-order valence-corrected chi connectivity index (χ4v) is 2.95. The quantitative estimate of drug-likeness (QED) is 0.938. The molecule has 4 nitrogen and oxygen atoms in total. The Labute approximate surface area is 123 Å². The molecule has 21 heavy (non-hydrogen) atoms. The van der Waals surface area contributed by atoms with Gasteiger partial charge in [0.05, 0.1) is 0 Å².